The van der Waals surface area contributed by atoms with Crippen molar-refractivity contribution in [2.75, 3.05) is 7.11 Å². The fraction of sp³-hybridized carbons (Fsp3) is 0.286. The summed E-state index contributed by atoms with van der Waals surface area (Å²) >= 11 is 0. The van der Waals surface area contributed by atoms with Gasteiger partial charge in [-0.1, -0.05) is 41.6 Å². The first kappa shape index (κ1) is 17.3. The van der Waals surface area contributed by atoms with Crippen molar-refractivity contribution in [3.8, 4) is 17.1 Å². The van der Waals surface area contributed by atoms with Crippen LogP contribution in [-0.2, 0) is 11.3 Å². The van der Waals surface area contributed by atoms with Gasteiger partial charge in [-0.05, 0) is 36.6 Å². The smallest absolute Gasteiger partial charge is 0.249 e. The predicted molar refractivity (Wildman–Crippen MR) is 100.0 cm³/mol. The van der Waals surface area contributed by atoms with Crippen LogP contribution in [-0.4, -0.2) is 28.1 Å². The monoisotopic (exact) mass is 363 g/mol. The molecule has 0 N–H and O–H groups in total. The van der Waals surface area contributed by atoms with Crippen LogP contribution in [0.15, 0.2) is 53.1 Å². The molecule has 0 bridgehead atoms. The van der Waals surface area contributed by atoms with Crippen molar-refractivity contribution < 1.29 is 14.1 Å². The summed E-state index contributed by atoms with van der Waals surface area (Å²) in [6.45, 7) is 2.60. The zero-order chi connectivity index (χ0) is 18.8. The standard InChI is InChI=1S/C21H21N3O3/c1-14-7-3-4-8-15(14)13-24-17(11-12-19(24)25)21-22-20(23-27-21)16-9-5-6-10-18(16)26-2/h3-10,17H,11-13H2,1-2H3. The van der Waals surface area contributed by atoms with E-state index < -0.39 is 0 Å². The first-order valence-electron chi connectivity index (χ1n) is 8.98. The van der Waals surface area contributed by atoms with Crippen molar-refractivity contribution in [3.63, 3.8) is 0 Å². The molecular formula is C21H21N3O3. The maximum absolute atomic E-state index is 12.5. The van der Waals surface area contributed by atoms with Gasteiger partial charge in [-0.25, -0.2) is 0 Å². The minimum Gasteiger partial charge on any atom is -0.496 e. The molecule has 6 nitrogen and oxygen atoms in total. The van der Waals surface area contributed by atoms with E-state index in [1.165, 1.54) is 0 Å². The van der Waals surface area contributed by atoms with Crippen LogP contribution in [0.2, 0.25) is 0 Å². The second kappa shape index (κ2) is 7.23. The quantitative estimate of drug-likeness (QED) is 0.687. The third kappa shape index (κ3) is 3.30. The van der Waals surface area contributed by atoms with Gasteiger partial charge in [0.15, 0.2) is 0 Å². The maximum atomic E-state index is 12.5. The molecule has 6 heteroatoms. The molecule has 2 aromatic carbocycles. The summed E-state index contributed by atoms with van der Waals surface area (Å²) in [5, 5.41) is 4.12. The van der Waals surface area contributed by atoms with E-state index in [-0.39, 0.29) is 11.9 Å². The Bertz CT molecular complexity index is 967. The van der Waals surface area contributed by atoms with Crippen molar-refractivity contribution in [1.29, 1.82) is 0 Å². The van der Waals surface area contributed by atoms with E-state index in [2.05, 4.69) is 23.1 Å². The Kier molecular flexibility index (Phi) is 4.62. The highest BCUT2D eigenvalue weighted by Crippen LogP contribution is 2.35. The summed E-state index contributed by atoms with van der Waals surface area (Å²) in [5.41, 5.74) is 3.06. The predicted octanol–water partition coefficient (Wildman–Crippen LogP) is 3.92. The third-order valence-electron chi connectivity index (χ3n) is 5.00. The number of aromatic nitrogens is 2. The van der Waals surface area contributed by atoms with Gasteiger partial charge in [0.1, 0.15) is 11.8 Å². The summed E-state index contributed by atoms with van der Waals surface area (Å²) in [6, 6.07) is 15.4. The third-order valence-corrected chi connectivity index (χ3v) is 5.00. The number of ether oxygens (including phenoxy) is 1. The van der Waals surface area contributed by atoms with Crippen LogP contribution in [0.1, 0.15) is 35.9 Å². The molecule has 2 heterocycles. The second-order valence-electron chi connectivity index (χ2n) is 6.66. The largest absolute Gasteiger partial charge is 0.496 e. The van der Waals surface area contributed by atoms with Crippen LogP contribution < -0.4 is 4.74 Å². The average Bonchev–Trinajstić information content (AvgIpc) is 3.31. The lowest BCUT2D eigenvalue weighted by atomic mass is 10.1. The van der Waals surface area contributed by atoms with Crippen molar-refractivity contribution in [3.05, 3.63) is 65.5 Å². The van der Waals surface area contributed by atoms with Gasteiger partial charge in [-0.3, -0.25) is 4.79 Å². The van der Waals surface area contributed by atoms with Crippen LogP contribution in [0.5, 0.6) is 5.75 Å². The molecule has 0 radical (unpaired) electrons. The Morgan fingerprint density at radius 1 is 1.19 bits per heavy atom. The molecule has 0 spiro atoms. The van der Waals surface area contributed by atoms with Crippen LogP contribution in [0, 0.1) is 6.92 Å². The van der Waals surface area contributed by atoms with E-state index in [1.807, 2.05) is 47.4 Å². The second-order valence-corrected chi connectivity index (χ2v) is 6.66. The van der Waals surface area contributed by atoms with Crippen LogP contribution in [0.25, 0.3) is 11.4 Å². The molecule has 1 aliphatic rings. The van der Waals surface area contributed by atoms with Gasteiger partial charge in [0, 0.05) is 13.0 Å². The number of methoxy groups -OCH3 is 1. The summed E-state index contributed by atoms with van der Waals surface area (Å²) in [6.07, 6.45) is 1.17. The van der Waals surface area contributed by atoms with Gasteiger partial charge in [0.25, 0.3) is 0 Å². The molecule has 1 atom stereocenters. The lowest BCUT2D eigenvalue weighted by molar-refractivity contribution is -0.130. The number of benzene rings is 2. The number of likely N-dealkylation sites (tertiary alicyclic amines) is 1. The fourth-order valence-electron chi connectivity index (χ4n) is 3.47. The molecule has 1 saturated heterocycles. The molecule has 4 rings (SSSR count). The summed E-state index contributed by atoms with van der Waals surface area (Å²) in [7, 11) is 1.61. The first-order chi connectivity index (χ1) is 13.2. The fourth-order valence-corrected chi connectivity index (χ4v) is 3.47. The molecule has 1 unspecified atom stereocenters. The zero-order valence-corrected chi connectivity index (χ0v) is 15.4. The van der Waals surface area contributed by atoms with Gasteiger partial charge in [0.05, 0.1) is 12.7 Å². The SMILES string of the molecule is COc1ccccc1-c1noc(C2CCC(=O)N2Cc2ccccc2C)n1. The molecule has 0 aliphatic carbocycles. The van der Waals surface area contributed by atoms with E-state index in [0.717, 1.165) is 16.7 Å². The van der Waals surface area contributed by atoms with Crippen molar-refractivity contribution >= 4 is 5.91 Å². The molecular weight excluding hydrogens is 342 g/mol. The number of nitrogens with zero attached hydrogens (tertiary/aromatic N) is 3. The van der Waals surface area contributed by atoms with Crippen LogP contribution in [0.3, 0.4) is 0 Å². The summed E-state index contributed by atoms with van der Waals surface area (Å²) in [5.74, 6) is 1.73. The molecule has 27 heavy (non-hydrogen) atoms. The average molecular weight is 363 g/mol. The van der Waals surface area contributed by atoms with Gasteiger partial charge < -0.3 is 14.2 Å². The normalized spacial score (nSPS) is 16.7. The molecule has 0 saturated carbocycles. The maximum Gasteiger partial charge on any atom is 0.249 e. The topological polar surface area (TPSA) is 68.5 Å². The van der Waals surface area contributed by atoms with Crippen LogP contribution in [0.4, 0.5) is 0 Å². The minimum absolute atomic E-state index is 0.111. The number of carbonyl (C=O) groups is 1. The highest BCUT2D eigenvalue weighted by Gasteiger charge is 2.36. The number of amides is 1. The van der Waals surface area contributed by atoms with E-state index in [4.69, 9.17) is 9.26 Å². The number of para-hydroxylation sites is 1. The van der Waals surface area contributed by atoms with Gasteiger partial charge in [-0.2, -0.15) is 4.98 Å². The van der Waals surface area contributed by atoms with Gasteiger partial charge >= 0.3 is 0 Å². The van der Waals surface area contributed by atoms with Crippen molar-refractivity contribution in [2.24, 2.45) is 0 Å². The highest BCUT2D eigenvalue weighted by molar-refractivity contribution is 5.79. The van der Waals surface area contributed by atoms with E-state index >= 15 is 0 Å². The van der Waals surface area contributed by atoms with Crippen molar-refractivity contribution in [1.82, 2.24) is 15.0 Å². The molecule has 1 amide bonds. The molecule has 1 fully saturated rings. The van der Waals surface area contributed by atoms with Crippen molar-refractivity contribution in [2.45, 2.75) is 32.4 Å². The lowest BCUT2D eigenvalue weighted by Crippen LogP contribution is -2.27. The number of carbonyl (C=O) groups excluding carboxylic acids is 1. The zero-order valence-electron chi connectivity index (χ0n) is 15.4. The Hall–Kier alpha value is -3.15. The summed E-state index contributed by atoms with van der Waals surface area (Å²) in [4.78, 5) is 18.9. The Labute approximate surface area is 157 Å². The molecule has 1 aromatic heterocycles. The molecule has 3 aromatic rings. The number of hydrogen-bond acceptors (Lipinski definition) is 5. The number of aryl methyl sites for hydroxylation is 1. The van der Waals surface area contributed by atoms with E-state index in [1.54, 1.807) is 7.11 Å². The summed E-state index contributed by atoms with van der Waals surface area (Å²) < 4.78 is 10.9. The Morgan fingerprint density at radius 2 is 1.96 bits per heavy atom. The highest BCUT2D eigenvalue weighted by atomic mass is 16.5. The number of rotatable bonds is 5. The molecule has 138 valence electrons. The Balaban J connectivity index is 1.62. The van der Waals surface area contributed by atoms with E-state index in [9.17, 15) is 4.79 Å². The first-order valence-corrected chi connectivity index (χ1v) is 8.98. The minimum atomic E-state index is -0.201. The number of hydrogen-bond donors (Lipinski definition) is 0. The van der Waals surface area contributed by atoms with Gasteiger partial charge in [-0.15, -0.1) is 0 Å². The van der Waals surface area contributed by atoms with E-state index in [0.29, 0.717) is 36.9 Å². The van der Waals surface area contributed by atoms with Gasteiger partial charge in [0.2, 0.25) is 17.6 Å². The molecule has 1 aliphatic heterocycles. The van der Waals surface area contributed by atoms with Crippen LogP contribution >= 0.6 is 0 Å². The lowest BCUT2D eigenvalue weighted by Gasteiger charge is -2.23. The Morgan fingerprint density at radius 3 is 2.78 bits per heavy atom.